The molecule has 0 aliphatic rings. The van der Waals surface area contributed by atoms with Crippen molar-refractivity contribution in [1.82, 2.24) is 4.90 Å². The molecule has 2 amide bonds. The first-order valence-electron chi connectivity index (χ1n) is 7.69. The van der Waals surface area contributed by atoms with Crippen molar-refractivity contribution in [3.8, 4) is 5.75 Å². The van der Waals surface area contributed by atoms with Crippen LogP contribution < -0.4 is 10.1 Å². The number of urea groups is 1. The summed E-state index contributed by atoms with van der Waals surface area (Å²) in [6.07, 6.45) is 0. The molecule has 0 aliphatic carbocycles. The van der Waals surface area contributed by atoms with Gasteiger partial charge in [0.1, 0.15) is 18.2 Å². The minimum atomic E-state index is -0.748. The molecule has 0 bridgehead atoms. The fourth-order valence-electron chi connectivity index (χ4n) is 2.06. The Morgan fingerprint density at radius 1 is 1.23 bits per heavy atom. The number of halogens is 2. The van der Waals surface area contributed by atoms with E-state index in [1.54, 1.807) is 7.05 Å². The molecule has 0 aromatic heterocycles. The zero-order chi connectivity index (χ0) is 19.1. The van der Waals surface area contributed by atoms with Crippen LogP contribution in [0.1, 0.15) is 10.4 Å². The van der Waals surface area contributed by atoms with Gasteiger partial charge in [-0.1, -0.05) is 18.2 Å². The largest absolute Gasteiger partial charge is 0.492 e. The van der Waals surface area contributed by atoms with Crippen molar-refractivity contribution < 1.29 is 23.5 Å². The highest BCUT2D eigenvalue weighted by atomic mass is 79.9. The SMILES string of the molecule is COC(=O)c1cc(F)c(Br)cc1NC(=O)N(C)CCOc1ccccc1. The lowest BCUT2D eigenvalue weighted by Gasteiger charge is -2.19. The molecule has 2 aromatic rings. The zero-order valence-electron chi connectivity index (χ0n) is 14.3. The summed E-state index contributed by atoms with van der Waals surface area (Å²) in [7, 11) is 2.76. The van der Waals surface area contributed by atoms with Crippen LogP contribution in [0.3, 0.4) is 0 Å². The van der Waals surface area contributed by atoms with Gasteiger partial charge in [-0.2, -0.15) is 0 Å². The molecule has 26 heavy (non-hydrogen) atoms. The van der Waals surface area contributed by atoms with Gasteiger partial charge in [0, 0.05) is 7.05 Å². The highest BCUT2D eigenvalue weighted by Gasteiger charge is 2.19. The van der Waals surface area contributed by atoms with E-state index in [-0.39, 0.29) is 15.7 Å². The molecule has 0 radical (unpaired) electrons. The van der Waals surface area contributed by atoms with Crippen LogP contribution in [0.4, 0.5) is 14.9 Å². The summed E-state index contributed by atoms with van der Waals surface area (Å²) in [5.74, 6) is -0.675. The second-order valence-electron chi connectivity index (χ2n) is 5.32. The third-order valence-electron chi connectivity index (χ3n) is 3.49. The molecule has 0 atom stereocenters. The van der Waals surface area contributed by atoms with Crippen LogP contribution in [-0.2, 0) is 4.74 Å². The van der Waals surface area contributed by atoms with Crippen molar-refractivity contribution in [2.45, 2.75) is 0 Å². The van der Waals surface area contributed by atoms with Crippen LogP contribution in [0.15, 0.2) is 46.9 Å². The number of nitrogens with one attached hydrogen (secondary N) is 1. The summed E-state index contributed by atoms with van der Waals surface area (Å²) >= 11 is 3.03. The summed E-state index contributed by atoms with van der Waals surface area (Å²) in [4.78, 5) is 25.5. The Hall–Kier alpha value is -2.61. The highest BCUT2D eigenvalue weighted by molar-refractivity contribution is 9.10. The van der Waals surface area contributed by atoms with Gasteiger partial charge in [-0.25, -0.2) is 14.0 Å². The predicted octanol–water partition coefficient (Wildman–Crippen LogP) is 3.92. The number of ether oxygens (including phenoxy) is 2. The molecule has 8 heteroatoms. The number of hydrogen-bond acceptors (Lipinski definition) is 4. The van der Waals surface area contributed by atoms with Gasteiger partial charge in [-0.3, -0.25) is 0 Å². The number of carbonyl (C=O) groups is 2. The van der Waals surface area contributed by atoms with Crippen molar-refractivity contribution in [2.75, 3.05) is 32.6 Å². The van der Waals surface area contributed by atoms with E-state index < -0.39 is 17.8 Å². The maximum Gasteiger partial charge on any atom is 0.340 e. The number of carbonyl (C=O) groups excluding carboxylic acids is 2. The van der Waals surface area contributed by atoms with Crippen molar-refractivity contribution >= 4 is 33.6 Å². The van der Waals surface area contributed by atoms with Gasteiger partial charge in [0.05, 0.1) is 29.4 Å². The summed E-state index contributed by atoms with van der Waals surface area (Å²) in [5, 5.41) is 2.58. The molecule has 0 saturated heterocycles. The molecule has 0 spiro atoms. The van der Waals surface area contributed by atoms with E-state index >= 15 is 0 Å². The van der Waals surface area contributed by atoms with Crippen molar-refractivity contribution in [1.29, 1.82) is 0 Å². The third-order valence-corrected chi connectivity index (χ3v) is 4.10. The number of para-hydroxylation sites is 1. The second kappa shape index (κ2) is 9.19. The maximum absolute atomic E-state index is 13.7. The lowest BCUT2D eigenvalue weighted by atomic mass is 10.1. The topological polar surface area (TPSA) is 67.9 Å². The van der Waals surface area contributed by atoms with E-state index in [1.165, 1.54) is 18.1 Å². The van der Waals surface area contributed by atoms with E-state index in [2.05, 4.69) is 26.0 Å². The maximum atomic E-state index is 13.7. The van der Waals surface area contributed by atoms with Crippen LogP contribution >= 0.6 is 15.9 Å². The van der Waals surface area contributed by atoms with Gasteiger partial charge < -0.3 is 19.7 Å². The summed E-state index contributed by atoms with van der Waals surface area (Å²) in [6.45, 7) is 0.613. The highest BCUT2D eigenvalue weighted by Crippen LogP contribution is 2.25. The number of hydrogen-bond donors (Lipinski definition) is 1. The minimum absolute atomic E-state index is 0.0736. The molecule has 0 fully saturated rings. The normalized spacial score (nSPS) is 10.2. The molecule has 138 valence electrons. The van der Waals surface area contributed by atoms with Gasteiger partial charge >= 0.3 is 12.0 Å². The van der Waals surface area contributed by atoms with Crippen LogP contribution in [0, 0.1) is 5.82 Å². The quantitative estimate of drug-likeness (QED) is 0.713. The summed E-state index contributed by atoms with van der Waals surface area (Å²) < 4.78 is 24.0. The van der Waals surface area contributed by atoms with Crippen LogP contribution in [0.5, 0.6) is 5.75 Å². The summed E-state index contributed by atoms with van der Waals surface area (Å²) in [5.41, 5.74) is 0.0708. The second-order valence-corrected chi connectivity index (χ2v) is 6.17. The van der Waals surface area contributed by atoms with Crippen molar-refractivity contribution in [3.05, 3.63) is 58.3 Å². The van der Waals surface area contributed by atoms with Gasteiger partial charge in [-0.15, -0.1) is 0 Å². The van der Waals surface area contributed by atoms with Gasteiger partial charge in [0.2, 0.25) is 0 Å². The average molecular weight is 425 g/mol. The molecule has 1 N–H and O–H groups in total. The number of amides is 2. The first-order chi connectivity index (χ1) is 12.4. The number of rotatable bonds is 6. The molecule has 2 aromatic carbocycles. The zero-order valence-corrected chi connectivity index (χ0v) is 15.9. The average Bonchev–Trinajstić information content (AvgIpc) is 2.64. The Morgan fingerprint density at radius 3 is 2.58 bits per heavy atom. The van der Waals surface area contributed by atoms with E-state index in [1.807, 2.05) is 30.3 Å². The van der Waals surface area contributed by atoms with Gasteiger partial charge in [0.25, 0.3) is 0 Å². The van der Waals surface area contributed by atoms with Crippen LogP contribution in [0.25, 0.3) is 0 Å². The Balaban J connectivity index is 1.99. The summed E-state index contributed by atoms with van der Waals surface area (Å²) in [6, 6.07) is 11.1. The molecular weight excluding hydrogens is 407 g/mol. The van der Waals surface area contributed by atoms with E-state index in [4.69, 9.17) is 4.74 Å². The number of esters is 1. The predicted molar refractivity (Wildman–Crippen MR) is 99.0 cm³/mol. The molecule has 0 unspecified atom stereocenters. The first kappa shape index (κ1) is 19.7. The number of likely N-dealkylation sites (N-methyl/N-ethyl adjacent to an activating group) is 1. The number of anilines is 1. The Morgan fingerprint density at radius 2 is 1.92 bits per heavy atom. The molecule has 0 aliphatic heterocycles. The van der Waals surface area contributed by atoms with Crippen molar-refractivity contribution in [2.24, 2.45) is 0 Å². The van der Waals surface area contributed by atoms with E-state index in [9.17, 15) is 14.0 Å². The Bertz CT molecular complexity index is 786. The van der Waals surface area contributed by atoms with Crippen LogP contribution in [-0.4, -0.2) is 44.2 Å². The Kier molecular flexibility index (Phi) is 6.97. The Labute approximate surface area is 159 Å². The molecular formula is C18H18BrFN2O4. The lowest BCUT2D eigenvalue weighted by molar-refractivity contribution is 0.0601. The minimum Gasteiger partial charge on any atom is -0.492 e. The van der Waals surface area contributed by atoms with E-state index in [0.717, 1.165) is 6.07 Å². The van der Waals surface area contributed by atoms with Crippen molar-refractivity contribution in [3.63, 3.8) is 0 Å². The number of benzene rings is 2. The number of methoxy groups -OCH3 is 1. The van der Waals surface area contributed by atoms with Crippen LogP contribution in [0.2, 0.25) is 0 Å². The number of nitrogens with zero attached hydrogens (tertiary/aromatic N) is 1. The fraction of sp³-hybridized carbons (Fsp3) is 0.222. The monoisotopic (exact) mass is 424 g/mol. The molecule has 0 saturated carbocycles. The standard InChI is InChI=1S/C18H18BrFN2O4/c1-22(8-9-26-12-6-4-3-5-7-12)18(24)21-16-11-14(19)15(20)10-13(16)17(23)25-2/h3-7,10-11H,8-9H2,1-2H3,(H,21,24). The smallest absolute Gasteiger partial charge is 0.340 e. The molecule has 2 rings (SSSR count). The fourth-order valence-corrected chi connectivity index (χ4v) is 2.40. The lowest BCUT2D eigenvalue weighted by Crippen LogP contribution is -2.35. The molecule has 6 nitrogen and oxygen atoms in total. The van der Waals surface area contributed by atoms with Gasteiger partial charge in [-0.05, 0) is 40.2 Å². The third kappa shape index (κ3) is 5.19. The first-order valence-corrected chi connectivity index (χ1v) is 8.49. The molecule has 0 heterocycles. The van der Waals surface area contributed by atoms with Gasteiger partial charge in [0.15, 0.2) is 0 Å². The van der Waals surface area contributed by atoms with E-state index in [0.29, 0.717) is 18.9 Å².